The second-order valence-corrected chi connectivity index (χ2v) is 6.62. The van der Waals surface area contributed by atoms with Crippen LogP contribution in [0.5, 0.6) is 0 Å². The number of aryl methyl sites for hydroxylation is 2. The van der Waals surface area contributed by atoms with Crippen LogP contribution in [0.1, 0.15) is 36.8 Å². The number of hydrogen-bond donors (Lipinski definition) is 1. The van der Waals surface area contributed by atoms with Crippen LogP contribution in [0.3, 0.4) is 0 Å². The Morgan fingerprint density at radius 3 is 2.48 bits per heavy atom. The van der Waals surface area contributed by atoms with E-state index in [1.165, 1.54) is 0 Å². The van der Waals surface area contributed by atoms with Gasteiger partial charge in [-0.1, -0.05) is 12.8 Å². The molecule has 1 aromatic carbocycles. The minimum atomic E-state index is -0.344. The first kappa shape index (κ1) is 17.4. The van der Waals surface area contributed by atoms with Crippen LogP contribution in [0.2, 0.25) is 0 Å². The van der Waals surface area contributed by atoms with Crippen LogP contribution in [0.15, 0.2) is 17.0 Å². The van der Waals surface area contributed by atoms with E-state index in [0.29, 0.717) is 5.69 Å². The number of nitriles is 1. The molecule has 0 heterocycles. The van der Waals surface area contributed by atoms with Crippen molar-refractivity contribution in [3.05, 3.63) is 23.3 Å². The quantitative estimate of drug-likeness (QED) is 0.507. The van der Waals surface area contributed by atoms with Gasteiger partial charge in [0.25, 0.3) is 5.91 Å². The highest BCUT2D eigenvalue weighted by molar-refractivity contribution is 8.03. The van der Waals surface area contributed by atoms with Gasteiger partial charge in [0.15, 0.2) is 6.61 Å². The van der Waals surface area contributed by atoms with E-state index in [9.17, 15) is 9.59 Å². The van der Waals surface area contributed by atoms with E-state index in [-0.39, 0.29) is 24.4 Å². The lowest BCUT2D eigenvalue weighted by Gasteiger charge is -2.14. The van der Waals surface area contributed by atoms with Crippen LogP contribution in [0, 0.1) is 30.4 Å². The van der Waals surface area contributed by atoms with E-state index in [0.717, 1.165) is 53.5 Å². The third-order valence-electron chi connectivity index (χ3n) is 3.97. The monoisotopic (exact) mass is 332 g/mol. The average Bonchev–Trinajstić information content (AvgIpc) is 3.03. The second kappa shape index (κ2) is 8.02. The summed E-state index contributed by atoms with van der Waals surface area (Å²) in [6.07, 6.45) is 3.82. The standard InChI is InChI=1S/C17H20N2O3S/c1-11-7-14(23-10-18)8-12(2)16(11)19-15(20)9-22-17(21)13-5-3-4-6-13/h7-8,13H,3-6,9H2,1-2H3,(H,19,20). The fourth-order valence-corrected chi connectivity index (χ4v) is 3.40. The first-order chi connectivity index (χ1) is 11.0. The summed E-state index contributed by atoms with van der Waals surface area (Å²) in [6.45, 7) is 3.48. The SMILES string of the molecule is Cc1cc(SC#N)cc(C)c1NC(=O)COC(=O)C1CCCC1. The molecule has 0 saturated heterocycles. The number of thioether (sulfide) groups is 1. The topological polar surface area (TPSA) is 79.2 Å². The number of hydrogen-bond acceptors (Lipinski definition) is 5. The maximum Gasteiger partial charge on any atom is 0.309 e. The first-order valence-electron chi connectivity index (χ1n) is 7.65. The van der Waals surface area contributed by atoms with E-state index >= 15 is 0 Å². The summed E-state index contributed by atoms with van der Waals surface area (Å²) in [7, 11) is 0. The van der Waals surface area contributed by atoms with Gasteiger partial charge < -0.3 is 10.1 Å². The number of benzene rings is 1. The van der Waals surface area contributed by atoms with Crippen molar-refractivity contribution in [3.63, 3.8) is 0 Å². The molecule has 5 nitrogen and oxygen atoms in total. The Balaban J connectivity index is 1.92. The summed E-state index contributed by atoms with van der Waals surface area (Å²) in [4.78, 5) is 24.7. The summed E-state index contributed by atoms with van der Waals surface area (Å²) >= 11 is 1.08. The van der Waals surface area contributed by atoms with E-state index in [1.807, 2.05) is 31.4 Å². The van der Waals surface area contributed by atoms with Crippen LogP contribution < -0.4 is 5.32 Å². The number of carbonyl (C=O) groups is 2. The zero-order valence-electron chi connectivity index (χ0n) is 13.3. The van der Waals surface area contributed by atoms with Crippen LogP contribution >= 0.6 is 11.8 Å². The van der Waals surface area contributed by atoms with E-state index < -0.39 is 0 Å². The van der Waals surface area contributed by atoms with Crippen molar-refractivity contribution < 1.29 is 14.3 Å². The van der Waals surface area contributed by atoms with Gasteiger partial charge in [-0.3, -0.25) is 9.59 Å². The van der Waals surface area contributed by atoms with E-state index in [4.69, 9.17) is 10.00 Å². The van der Waals surface area contributed by atoms with Gasteiger partial charge in [-0.2, -0.15) is 5.26 Å². The fraction of sp³-hybridized carbons (Fsp3) is 0.471. The number of anilines is 1. The molecule has 0 atom stereocenters. The number of amides is 1. The molecule has 23 heavy (non-hydrogen) atoms. The van der Waals surface area contributed by atoms with Crippen molar-refractivity contribution >= 4 is 29.3 Å². The van der Waals surface area contributed by atoms with Crippen LogP contribution in [-0.4, -0.2) is 18.5 Å². The predicted molar refractivity (Wildman–Crippen MR) is 88.9 cm³/mol. The molecule has 1 saturated carbocycles. The van der Waals surface area contributed by atoms with Gasteiger partial charge in [0, 0.05) is 10.6 Å². The summed E-state index contributed by atoms with van der Waals surface area (Å²) in [5.41, 5.74) is 2.45. The largest absolute Gasteiger partial charge is 0.455 e. The molecule has 1 fully saturated rings. The Hall–Kier alpha value is -2.00. The molecular formula is C17H20N2O3S. The Kier molecular flexibility index (Phi) is 6.05. The summed E-state index contributed by atoms with van der Waals surface area (Å²) in [5.74, 6) is -0.663. The van der Waals surface area contributed by atoms with Crippen molar-refractivity contribution in [2.75, 3.05) is 11.9 Å². The van der Waals surface area contributed by atoms with Gasteiger partial charge in [-0.05, 0) is 61.7 Å². The number of esters is 1. The molecular weight excluding hydrogens is 312 g/mol. The molecule has 1 amide bonds. The molecule has 0 unspecified atom stereocenters. The number of ether oxygens (including phenoxy) is 1. The molecule has 122 valence electrons. The van der Waals surface area contributed by atoms with E-state index in [2.05, 4.69) is 5.32 Å². The number of rotatable bonds is 5. The molecule has 2 rings (SSSR count). The van der Waals surface area contributed by atoms with Gasteiger partial charge in [0.1, 0.15) is 5.40 Å². The Labute approximate surface area is 140 Å². The summed E-state index contributed by atoms with van der Waals surface area (Å²) in [5, 5.41) is 13.5. The zero-order chi connectivity index (χ0) is 16.8. The van der Waals surface area contributed by atoms with Crippen molar-refractivity contribution in [1.29, 1.82) is 5.26 Å². The maximum atomic E-state index is 12.0. The predicted octanol–water partition coefficient (Wildman–Crippen LogP) is 3.55. The van der Waals surface area contributed by atoms with Crippen LogP contribution in [-0.2, 0) is 14.3 Å². The highest BCUT2D eigenvalue weighted by Crippen LogP contribution is 2.28. The molecule has 0 radical (unpaired) electrons. The first-order valence-corrected chi connectivity index (χ1v) is 8.46. The number of nitrogens with one attached hydrogen (secondary N) is 1. The molecule has 1 aliphatic carbocycles. The van der Waals surface area contributed by atoms with Crippen LogP contribution in [0.25, 0.3) is 0 Å². The second-order valence-electron chi connectivity index (χ2n) is 5.76. The zero-order valence-corrected chi connectivity index (χ0v) is 14.2. The number of thiocyanates is 1. The fourth-order valence-electron chi connectivity index (χ4n) is 2.82. The molecule has 0 bridgehead atoms. The van der Waals surface area contributed by atoms with Crippen molar-refractivity contribution in [1.82, 2.24) is 0 Å². The smallest absolute Gasteiger partial charge is 0.309 e. The average molecular weight is 332 g/mol. The summed E-state index contributed by atoms with van der Waals surface area (Å²) < 4.78 is 5.10. The third-order valence-corrected chi connectivity index (χ3v) is 4.53. The van der Waals surface area contributed by atoms with Gasteiger partial charge >= 0.3 is 5.97 Å². The minimum Gasteiger partial charge on any atom is -0.455 e. The van der Waals surface area contributed by atoms with E-state index in [1.54, 1.807) is 0 Å². The lowest BCUT2D eigenvalue weighted by Crippen LogP contribution is -2.24. The molecule has 6 heteroatoms. The van der Waals surface area contributed by atoms with Gasteiger partial charge in [0.05, 0.1) is 5.92 Å². The van der Waals surface area contributed by atoms with Crippen molar-refractivity contribution in [3.8, 4) is 5.40 Å². The molecule has 0 aromatic heterocycles. The molecule has 0 aliphatic heterocycles. The summed E-state index contributed by atoms with van der Waals surface area (Å²) in [6, 6.07) is 3.70. The molecule has 1 aliphatic rings. The number of nitrogens with zero attached hydrogens (tertiary/aromatic N) is 1. The highest BCUT2D eigenvalue weighted by Gasteiger charge is 2.24. The lowest BCUT2D eigenvalue weighted by atomic mass is 10.1. The highest BCUT2D eigenvalue weighted by atomic mass is 32.2. The third kappa shape index (κ3) is 4.73. The number of carbonyl (C=O) groups excluding carboxylic acids is 2. The Morgan fingerprint density at radius 2 is 1.91 bits per heavy atom. The Morgan fingerprint density at radius 1 is 1.30 bits per heavy atom. The maximum absolute atomic E-state index is 12.0. The van der Waals surface area contributed by atoms with Gasteiger partial charge in [0.2, 0.25) is 0 Å². The van der Waals surface area contributed by atoms with Gasteiger partial charge in [-0.25, -0.2) is 0 Å². The molecule has 0 spiro atoms. The molecule has 1 aromatic rings. The molecule has 1 N–H and O–H groups in total. The van der Waals surface area contributed by atoms with Crippen molar-refractivity contribution in [2.24, 2.45) is 5.92 Å². The van der Waals surface area contributed by atoms with Gasteiger partial charge in [-0.15, -0.1) is 0 Å². The van der Waals surface area contributed by atoms with Crippen molar-refractivity contribution in [2.45, 2.75) is 44.4 Å². The normalized spacial score (nSPS) is 14.3. The minimum absolute atomic E-state index is 0.0476. The van der Waals surface area contributed by atoms with Crippen LogP contribution in [0.4, 0.5) is 5.69 Å². The Bertz CT molecular complexity index is 623. The lowest BCUT2D eigenvalue weighted by molar-refractivity contribution is -0.151.